The van der Waals surface area contributed by atoms with E-state index in [0.29, 0.717) is 71.0 Å². The summed E-state index contributed by atoms with van der Waals surface area (Å²) >= 11 is 5.93. The van der Waals surface area contributed by atoms with E-state index < -0.39 is 46.9 Å². The van der Waals surface area contributed by atoms with Gasteiger partial charge in [0, 0.05) is 57.6 Å². The van der Waals surface area contributed by atoms with Crippen LogP contribution in [-0.2, 0) is 47.3 Å². The lowest BCUT2D eigenvalue weighted by molar-refractivity contribution is -0.150. The van der Waals surface area contributed by atoms with Crippen molar-refractivity contribution in [3.63, 3.8) is 0 Å². The molecular weight excluding hydrogens is 1270 g/mol. The largest absolute Gasteiger partial charge is 0.481 e. The van der Waals surface area contributed by atoms with Gasteiger partial charge in [-0.15, -0.1) is 0 Å². The molecule has 0 radical (unpaired) electrons. The molecule has 12 aliphatic rings. The molecule has 2 aromatic rings. The maximum Gasteiger partial charge on any atom is 0.418 e. The number of hydrogen-bond acceptors (Lipinski definition) is 7. The van der Waals surface area contributed by atoms with Gasteiger partial charge in [0.1, 0.15) is 0 Å². The minimum absolute atomic E-state index is 0.0101. The fraction of sp³-hybridized carbons (Fsp3) is 0.671. The number of benzene rings is 2. The minimum Gasteiger partial charge on any atom is -0.481 e. The number of aliphatic carboxylic acids is 1. The van der Waals surface area contributed by atoms with Gasteiger partial charge in [-0.3, -0.25) is 28.8 Å². The van der Waals surface area contributed by atoms with E-state index >= 15 is 0 Å². The fourth-order valence-corrected chi connectivity index (χ4v) is 22.7. The van der Waals surface area contributed by atoms with E-state index in [1.54, 1.807) is 25.2 Å². The van der Waals surface area contributed by atoms with E-state index in [1.807, 2.05) is 0 Å². The highest BCUT2D eigenvalue weighted by Gasteiger charge is 2.64. The number of alkyl halides is 9. The molecule has 12 nitrogen and oxygen atoms in total. The molecule has 0 bridgehead atoms. The molecular formula is C73H91ClF9N5O7. The number of hydrogen-bond donors (Lipinski definition) is 6. The predicted molar refractivity (Wildman–Crippen MR) is 341 cm³/mol. The Hall–Kier alpha value is -5.86. The van der Waals surface area contributed by atoms with Gasteiger partial charge in [0.2, 0.25) is 28.9 Å². The topological polar surface area (TPSA) is 197 Å². The number of rotatable bonds is 4. The molecule has 0 spiro atoms. The number of nitrogen functional groups attached to an aromatic ring is 1. The van der Waals surface area contributed by atoms with Crippen LogP contribution in [0.25, 0.3) is 0 Å². The summed E-state index contributed by atoms with van der Waals surface area (Å²) in [5.74, 6) is 3.97. The quantitative estimate of drug-likeness (QED) is 0.0988. The number of nitrogens with two attached hydrogens (primary N) is 1. The number of aryl methyl sites for hydroxylation is 1. The summed E-state index contributed by atoms with van der Waals surface area (Å²) in [5.41, 5.74) is 1.55. The van der Waals surface area contributed by atoms with E-state index in [2.05, 4.69) is 81.0 Å². The smallest absolute Gasteiger partial charge is 0.418 e. The average Bonchev–Trinajstić information content (AvgIpc) is 1.71. The maximum absolute atomic E-state index is 13.4. The molecule has 21 atom stereocenters. The number of fused-ring (bicyclic) bond motifs is 15. The highest BCUT2D eigenvalue weighted by atomic mass is 35.5. The third-order valence-corrected chi connectivity index (χ3v) is 27.7. The molecule has 3 aliphatic heterocycles. The Bertz CT molecular complexity index is 3360. The molecule has 9 fully saturated rings. The second-order valence-electron chi connectivity index (χ2n) is 31.6. The molecule has 0 saturated heterocycles. The zero-order valence-corrected chi connectivity index (χ0v) is 55.8. The number of carbonyl (C=O) groups excluding carboxylic acids is 5. The van der Waals surface area contributed by atoms with Crippen molar-refractivity contribution in [2.45, 2.75) is 201 Å². The van der Waals surface area contributed by atoms with Crippen LogP contribution in [0.1, 0.15) is 179 Å². The van der Waals surface area contributed by atoms with Crippen LogP contribution in [0.15, 0.2) is 72.9 Å². The Morgan fingerprint density at radius 3 is 1.24 bits per heavy atom. The van der Waals surface area contributed by atoms with Gasteiger partial charge in [0.15, 0.2) is 0 Å². The highest BCUT2D eigenvalue weighted by Crippen LogP contribution is 2.68. The molecule has 3 heterocycles. The van der Waals surface area contributed by atoms with Crippen molar-refractivity contribution >= 4 is 57.8 Å². The summed E-state index contributed by atoms with van der Waals surface area (Å²) in [4.78, 5) is 72.4. The van der Waals surface area contributed by atoms with Crippen molar-refractivity contribution in [2.24, 2.45) is 104 Å². The maximum atomic E-state index is 13.4. The van der Waals surface area contributed by atoms with Gasteiger partial charge in [0.05, 0.1) is 22.6 Å². The predicted octanol–water partition coefficient (Wildman–Crippen LogP) is 15.8. The molecule has 520 valence electrons. The van der Waals surface area contributed by atoms with Gasteiger partial charge in [-0.05, 0) is 258 Å². The Balaban J connectivity index is 0.000000134. The molecule has 22 heteroatoms. The van der Waals surface area contributed by atoms with Crippen LogP contribution in [0.4, 0.5) is 50.9 Å². The number of nitrogens with one attached hydrogen (secondary N) is 4. The lowest BCUT2D eigenvalue weighted by Gasteiger charge is -2.58. The van der Waals surface area contributed by atoms with Crippen molar-refractivity contribution < 1.29 is 73.4 Å². The average molecular weight is 1360 g/mol. The molecule has 7 N–H and O–H groups in total. The van der Waals surface area contributed by atoms with Gasteiger partial charge in [-0.25, -0.2) is 0 Å². The second kappa shape index (κ2) is 25.1. The van der Waals surface area contributed by atoms with Gasteiger partial charge in [-0.1, -0.05) is 65.8 Å². The van der Waals surface area contributed by atoms with Crippen molar-refractivity contribution in [1.29, 1.82) is 0 Å². The summed E-state index contributed by atoms with van der Waals surface area (Å²) in [6.07, 6.45) is 16.0. The first-order valence-electron chi connectivity index (χ1n) is 34.2. The second-order valence-corrected chi connectivity index (χ2v) is 32.0. The van der Waals surface area contributed by atoms with Gasteiger partial charge in [0.25, 0.3) is 0 Å². The summed E-state index contributed by atoms with van der Waals surface area (Å²) in [6, 6.07) is 5.14. The third-order valence-electron chi connectivity index (χ3n) is 27.5. The van der Waals surface area contributed by atoms with Crippen LogP contribution < -0.4 is 27.0 Å². The van der Waals surface area contributed by atoms with Crippen molar-refractivity contribution in [1.82, 2.24) is 16.0 Å². The molecule has 4 amide bonds. The number of carboxylic acid groups (broad SMARTS) is 1. The summed E-state index contributed by atoms with van der Waals surface area (Å²) in [7, 11) is 0. The normalized spacial score (nSPS) is 40.9. The molecule has 9 saturated carbocycles. The van der Waals surface area contributed by atoms with Crippen molar-refractivity contribution in [2.75, 3.05) is 11.1 Å². The van der Waals surface area contributed by atoms with Crippen LogP contribution in [0.2, 0.25) is 0 Å². The number of carbonyl (C=O) groups is 6. The fourth-order valence-electron chi connectivity index (χ4n) is 22.4. The first-order chi connectivity index (χ1) is 44.3. The van der Waals surface area contributed by atoms with Gasteiger partial charge < -0.3 is 32.1 Å². The van der Waals surface area contributed by atoms with E-state index in [9.17, 15) is 73.4 Å². The lowest BCUT2D eigenvalue weighted by Crippen LogP contribution is -2.59. The SMILES string of the molecule is C[C@]12C=CC(=O)NC1CCC1C2CC[C@]2(C)C(C(=O)Cl)CCC12.C[C@]12C=CC(=O)NC1CCC1C2CC[C@]2(C)C(C(=O)O)CCC12.Cc1ccc(C(F)(F)F)cc1NC(=O)C1CCC2C3CCC4NC(=O)C=C[C@]4(C)C3CC[C@]12C.Nc1cc(C(F)(F)F)ccc1C(F)(F)F. The third kappa shape index (κ3) is 12.6. The van der Waals surface area contributed by atoms with Crippen LogP contribution in [-0.4, -0.2) is 58.1 Å². The van der Waals surface area contributed by atoms with Crippen LogP contribution in [0, 0.1) is 110 Å². The van der Waals surface area contributed by atoms with E-state index in [0.717, 1.165) is 121 Å². The van der Waals surface area contributed by atoms with Gasteiger partial charge in [-0.2, -0.15) is 39.5 Å². The highest BCUT2D eigenvalue weighted by molar-refractivity contribution is 6.64. The Labute approximate surface area is 555 Å². The van der Waals surface area contributed by atoms with E-state index in [4.69, 9.17) is 17.3 Å². The summed E-state index contributed by atoms with van der Waals surface area (Å²) < 4.78 is 112. The molecule has 95 heavy (non-hydrogen) atoms. The van der Waals surface area contributed by atoms with E-state index in [-0.39, 0.29) is 109 Å². The molecule has 15 unspecified atom stereocenters. The van der Waals surface area contributed by atoms with Crippen molar-refractivity contribution in [3.8, 4) is 0 Å². The molecule has 2 aromatic carbocycles. The van der Waals surface area contributed by atoms with Crippen molar-refractivity contribution in [3.05, 3.63) is 95.1 Å². The summed E-state index contributed by atoms with van der Waals surface area (Å²) in [5, 5.41) is 21.9. The molecule has 14 rings (SSSR count). The van der Waals surface area contributed by atoms with Gasteiger partial charge >= 0.3 is 24.5 Å². The monoisotopic (exact) mass is 1360 g/mol. The Morgan fingerprint density at radius 2 is 0.863 bits per heavy atom. The molecule has 9 aliphatic carbocycles. The number of halogens is 10. The van der Waals surface area contributed by atoms with Crippen LogP contribution in [0.3, 0.4) is 0 Å². The van der Waals surface area contributed by atoms with Crippen LogP contribution in [0.5, 0.6) is 0 Å². The number of anilines is 2. The zero-order valence-electron chi connectivity index (χ0n) is 55.1. The molecule has 0 aromatic heterocycles. The lowest BCUT2D eigenvalue weighted by atomic mass is 9.48. The number of carboxylic acids is 1. The standard InChI is InChI=1S/C27H33F3N2O2.C19H26ClNO2.C19H27NO3.C8H5F6N/c1-15-4-5-16(27(28,29)30)14-21(15)31-24(34)20-8-7-18-17-6-9-22-26(3,13-11-23(33)32-22)19(17)10-12-25(18,20)2;1-18-9-7-13-11(12(18)4-5-14(18)17(20)23)3-6-15-19(13,2)10-8-16(22)21-15;1-18-9-7-13-11(12(18)4-5-14(18)17(22)23)3-6-15-19(13,2)10-8-16(21)20-15;9-7(10,11)4-1-2-5(6(15)3-4)8(12,13)14/h4-5,11,13-14,17-20,22H,6-10,12H2,1-3H3,(H,31,34)(H,32,33);8,10-15H,3-7,9H2,1-2H3,(H,21,22);8,10-15H,3-7,9H2,1-2H3,(H,20,21)(H,22,23);1-3H,15H2/t17?,18?,19?,20?,22?,25-,26+;2*11?,12?,13?,14?,15?,18-,19+;/m000./s1. The first-order valence-corrected chi connectivity index (χ1v) is 34.6. The minimum atomic E-state index is -4.74. The van der Waals surface area contributed by atoms with E-state index in [1.165, 1.54) is 12.5 Å². The number of amides is 4. The first kappa shape index (κ1) is 70.5. The zero-order chi connectivity index (χ0) is 69.1. The summed E-state index contributed by atoms with van der Waals surface area (Å²) in [6.45, 7) is 15.4. The Morgan fingerprint density at radius 1 is 0.495 bits per heavy atom. The Kier molecular flexibility index (Phi) is 18.7. The van der Waals surface area contributed by atoms with Crippen LogP contribution >= 0.6 is 11.6 Å².